The first-order valence-corrected chi connectivity index (χ1v) is 8.57. The second-order valence-electron chi connectivity index (χ2n) is 4.61. The molecule has 106 valence electrons. The number of halogens is 2. The van der Waals surface area contributed by atoms with Crippen molar-refractivity contribution in [2.24, 2.45) is 0 Å². The van der Waals surface area contributed by atoms with Crippen LogP contribution in [0.2, 0.25) is 5.02 Å². The quantitative estimate of drug-likeness (QED) is 0.701. The number of aryl methyl sites for hydroxylation is 1. The number of nitrogens with one attached hydrogen (secondary N) is 1. The Balaban J connectivity index is 2.05. The van der Waals surface area contributed by atoms with E-state index < -0.39 is 0 Å². The monoisotopic (exact) mass is 369 g/mol. The van der Waals surface area contributed by atoms with Crippen LogP contribution in [-0.2, 0) is 0 Å². The van der Waals surface area contributed by atoms with Crippen LogP contribution in [0.5, 0.6) is 0 Å². The molecule has 0 radical (unpaired) electrons. The fourth-order valence-electron chi connectivity index (χ4n) is 1.88. The minimum atomic E-state index is 0.293. The van der Waals surface area contributed by atoms with E-state index in [0.717, 1.165) is 20.8 Å². The Kier molecular flexibility index (Phi) is 5.97. The minimum absolute atomic E-state index is 0.293. The van der Waals surface area contributed by atoms with Crippen LogP contribution in [0.3, 0.4) is 0 Å². The van der Waals surface area contributed by atoms with Crippen molar-refractivity contribution in [1.29, 1.82) is 0 Å². The lowest BCUT2D eigenvalue weighted by molar-refractivity contribution is 0.662. The first-order valence-electron chi connectivity index (χ1n) is 6.42. The van der Waals surface area contributed by atoms with Crippen molar-refractivity contribution in [2.75, 3.05) is 12.8 Å². The zero-order valence-electron chi connectivity index (χ0n) is 11.5. The zero-order chi connectivity index (χ0) is 14.5. The summed E-state index contributed by atoms with van der Waals surface area (Å²) in [7, 11) is 1.99. The molecule has 2 rings (SSSR count). The molecule has 0 bridgehead atoms. The summed E-state index contributed by atoms with van der Waals surface area (Å²) in [5.74, 6) is 0.970. The summed E-state index contributed by atoms with van der Waals surface area (Å²) in [6.45, 7) is 2.02. The van der Waals surface area contributed by atoms with Gasteiger partial charge in [0.25, 0.3) is 0 Å². The van der Waals surface area contributed by atoms with E-state index in [0.29, 0.717) is 6.04 Å². The standard InChI is InChI=1S/C16H17BrClNS/c1-11-3-4-12(9-15(11)18)16(19-2)10-20-14-7-5-13(17)6-8-14/h3-9,16,19H,10H2,1-2H3. The highest BCUT2D eigenvalue weighted by Crippen LogP contribution is 2.27. The Morgan fingerprint density at radius 1 is 1.20 bits per heavy atom. The highest BCUT2D eigenvalue weighted by atomic mass is 79.9. The van der Waals surface area contributed by atoms with Gasteiger partial charge in [-0.3, -0.25) is 0 Å². The normalized spacial score (nSPS) is 12.4. The topological polar surface area (TPSA) is 12.0 Å². The van der Waals surface area contributed by atoms with Crippen LogP contribution in [0, 0.1) is 6.92 Å². The first-order chi connectivity index (χ1) is 9.60. The third-order valence-electron chi connectivity index (χ3n) is 3.18. The Morgan fingerprint density at radius 2 is 1.90 bits per heavy atom. The van der Waals surface area contributed by atoms with Gasteiger partial charge in [0.05, 0.1) is 0 Å². The largest absolute Gasteiger partial charge is 0.312 e. The Hall–Kier alpha value is -0.480. The molecule has 0 saturated heterocycles. The lowest BCUT2D eigenvalue weighted by Crippen LogP contribution is -2.18. The summed E-state index contributed by atoms with van der Waals surface area (Å²) < 4.78 is 1.11. The summed E-state index contributed by atoms with van der Waals surface area (Å²) in [4.78, 5) is 1.27. The maximum Gasteiger partial charge on any atom is 0.0438 e. The average molecular weight is 371 g/mol. The maximum absolute atomic E-state index is 6.21. The predicted octanol–water partition coefficient (Wildman–Crippen LogP) is 5.46. The molecule has 0 aliphatic carbocycles. The molecular weight excluding hydrogens is 354 g/mol. The van der Waals surface area contributed by atoms with Crippen LogP contribution in [0.1, 0.15) is 17.2 Å². The van der Waals surface area contributed by atoms with Gasteiger partial charge in [-0.15, -0.1) is 11.8 Å². The van der Waals surface area contributed by atoms with Crippen molar-refractivity contribution in [3.63, 3.8) is 0 Å². The van der Waals surface area contributed by atoms with E-state index in [1.54, 1.807) is 0 Å². The maximum atomic E-state index is 6.21. The van der Waals surface area contributed by atoms with Crippen molar-refractivity contribution in [3.8, 4) is 0 Å². The third-order valence-corrected chi connectivity index (χ3v) is 5.22. The smallest absolute Gasteiger partial charge is 0.0438 e. The molecule has 0 amide bonds. The number of benzene rings is 2. The van der Waals surface area contributed by atoms with Gasteiger partial charge in [0.2, 0.25) is 0 Å². The van der Waals surface area contributed by atoms with E-state index in [9.17, 15) is 0 Å². The van der Waals surface area contributed by atoms with Crippen molar-refractivity contribution in [3.05, 3.63) is 63.1 Å². The van der Waals surface area contributed by atoms with Gasteiger partial charge in [-0.05, 0) is 55.4 Å². The zero-order valence-corrected chi connectivity index (χ0v) is 14.6. The van der Waals surface area contributed by atoms with Gasteiger partial charge in [0, 0.05) is 26.2 Å². The molecule has 0 fully saturated rings. The van der Waals surface area contributed by atoms with Gasteiger partial charge in [-0.25, -0.2) is 0 Å². The van der Waals surface area contributed by atoms with Gasteiger partial charge in [-0.1, -0.05) is 39.7 Å². The molecule has 0 aliphatic rings. The molecule has 1 N–H and O–H groups in total. The molecule has 20 heavy (non-hydrogen) atoms. The molecular formula is C16H17BrClNS. The highest BCUT2D eigenvalue weighted by molar-refractivity contribution is 9.10. The molecule has 0 spiro atoms. The van der Waals surface area contributed by atoms with Gasteiger partial charge in [-0.2, -0.15) is 0 Å². The molecule has 0 saturated carbocycles. The summed E-state index contributed by atoms with van der Waals surface area (Å²) >= 11 is 11.5. The summed E-state index contributed by atoms with van der Waals surface area (Å²) in [5, 5.41) is 4.19. The van der Waals surface area contributed by atoms with E-state index in [2.05, 4.69) is 63.7 Å². The molecule has 0 aliphatic heterocycles. The Bertz CT molecular complexity index is 571. The third kappa shape index (κ3) is 4.26. The molecule has 1 atom stereocenters. The molecule has 0 heterocycles. The minimum Gasteiger partial charge on any atom is -0.312 e. The number of rotatable bonds is 5. The van der Waals surface area contributed by atoms with Crippen LogP contribution in [0.15, 0.2) is 51.8 Å². The summed E-state index contributed by atoms with van der Waals surface area (Å²) in [6, 6.07) is 15.0. The van der Waals surface area contributed by atoms with Crippen molar-refractivity contribution in [2.45, 2.75) is 17.9 Å². The number of thioether (sulfide) groups is 1. The fourth-order valence-corrected chi connectivity index (χ4v) is 3.38. The van der Waals surface area contributed by atoms with Gasteiger partial charge in [0.15, 0.2) is 0 Å². The fraction of sp³-hybridized carbons (Fsp3) is 0.250. The van der Waals surface area contributed by atoms with E-state index >= 15 is 0 Å². The second kappa shape index (κ2) is 7.51. The second-order valence-corrected chi connectivity index (χ2v) is 7.03. The Morgan fingerprint density at radius 3 is 2.50 bits per heavy atom. The predicted molar refractivity (Wildman–Crippen MR) is 92.9 cm³/mol. The average Bonchev–Trinajstić information content (AvgIpc) is 2.45. The van der Waals surface area contributed by atoms with Crippen LogP contribution in [0.4, 0.5) is 0 Å². The lowest BCUT2D eigenvalue weighted by Gasteiger charge is -2.17. The van der Waals surface area contributed by atoms with Crippen LogP contribution < -0.4 is 5.32 Å². The van der Waals surface area contributed by atoms with E-state index in [1.165, 1.54) is 10.5 Å². The van der Waals surface area contributed by atoms with Crippen molar-refractivity contribution in [1.82, 2.24) is 5.32 Å². The molecule has 0 aromatic heterocycles. The van der Waals surface area contributed by atoms with Crippen LogP contribution >= 0.6 is 39.3 Å². The summed E-state index contributed by atoms with van der Waals surface area (Å²) in [5.41, 5.74) is 2.35. The Labute approximate surface area is 138 Å². The SMILES string of the molecule is CNC(CSc1ccc(Br)cc1)c1ccc(C)c(Cl)c1. The molecule has 1 nitrogen and oxygen atoms in total. The van der Waals surface area contributed by atoms with Crippen molar-refractivity contribution >= 4 is 39.3 Å². The molecule has 2 aromatic carbocycles. The lowest BCUT2D eigenvalue weighted by atomic mass is 10.1. The van der Waals surface area contributed by atoms with E-state index in [1.807, 2.05) is 25.7 Å². The molecule has 2 aromatic rings. The summed E-state index contributed by atoms with van der Waals surface area (Å²) in [6.07, 6.45) is 0. The highest BCUT2D eigenvalue weighted by Gasteiger charge is 2.11. The van der Waals surface area contributed by atoms with Gasteiger partial charge >= 0.3 is 0 Å². The van der Waals surface area contributed by atoms with E-state index in [4.69, 9.17) is 11.6 Å². The van der Waals surface area contributed by atoms with Gasteiger partial charge in [0.1, 0.15) is 0 Å². The van der Waals surface area contributed by atoms with Crippen LogP contribution in [-0.4, -0.2) is 12.8 Å². The van der Waals surface area contributed by atoms with Crippen molar-refractivity contribution < 1.29 is 0 Å². The number of hydrogen-bond donors (Lipinski definition) is 1. The molecule has 1 unspecified atom stereocenters. The van der Waals surface area contributed by atoms with Crippen LogP contribution in [0.25, 0.3) is 0 Å². The molecule has 4 heteroatoms. The first kappa shape index (κ1) is 15.9. The van der Waals surface area contributed by atoms with Gasteiger partial charge < -0.3 is 5.32 Å². The van der Waals surface area contributed by atoms with E-state index in [-0.39, 0.29) is 0 Å². The number of hydrogen-bond acceptors (Lipinski definition) is 2.